The van der Waals surface area contributed by atoms with Gasteiger partial charge in [0.2, 0.25) is 17.7 Å². The Labute approximate surface area is 181 Å². The molecule has 0 spiro atoms. The fourth-order valence-corrected chi connectivity index (χ4v) is 4.37. The highest BCUT2D eigenvalue weighted by molar-refractivity contribution is 5.98. The van der Waals surface area contributed by atoms with Gasteiger partial charge in [0.1, 0.15) is 18.1 Å². The number of furan rings is 1. The molecule has 0 bridgehead atoms. The average Bonchev–Trinajstić information content (AvgIpc) is 3.42. The molecule has 0 radical (unpaired) electrons. The molecule has 164 valence electrons. The maximum absolute atomic E-state index is 12.9. The van der Waals surface area contributed by atoms with E-state index in [4.69, 9.17) is 9.15 Å². The second-order valence-electron chi connectivity index (χ2n) is 8.15. The highest BCUT2D eigenvalue weighted by Crippen LogP contribution is 2.30. The Morgan fingerprint density at radius 2 is 2.10 bits per heavy atom. The first-order valence-electron chi connectivity index (χ1n) is 10.5. The Morgan fingerprint density at radius 1 is 1.23 bits per heavy atom. The lowest BCUT2D eigenvalue weighted by molar-refractivity contribution is -0.137. The lowest BCUT2D eigenvalue weighted by Crippen LogP contribution is -2.53. The third-order valence-corrected chi connectivity index (χ3v) is 6.08. The van der Waals surface area contributed by atoms with E-state index in [0.717, 1.165) is 11.4 Å². The number of ether oxygens (including phenoxy) is 1. The van der Waals surface area contributed by atoms with Crippen LogP contribution in [0.5, 0.6) is 5.75 Å². The number of nitrogens with zero attached hydrogens (tertiary/aromatic N) is 2. The van der Waals surface area contributed by atoms with Gasteiger partial charge in [-0.1, -0.05) is 6.07 Å². The number of amides is 3. The number of hydrogen-bond donors (Lipinski definition) is 1. The van der Waals surface area contributed by atoms with Crippen molar-refractivity contribution in [2.45, 2.75) is 37.6 Å². The molecule has 3 heterocycles. The summed E-state index contributed by atoms with van der Waals surface area (Å²) in [6.07, 6.45) is 4.07. The minimum atomic E-state index is -0.475. The van der Waals surface area contributed by atoms with Crippen LogP contribution in [0, 0.1) is 0 Å². The van der Waals surface area contributed by atoms with Gasteiger partial charge < -0.3 is 24.3 Å². The fraction of sp³-hybridized carbons (Fsp3) is 0.435. The molecular formula is C23H27N3O5. The van der Waals surface area contributed by atoms with Gasteiger partial charge in [-0.3, -0.25) is 14.4 Å². The first-order valence-corrected chi connectivity index (χ1v) is 10.5. The molecule has 31 heavy (non-hydrogen) atoms. The molecule has 1 unspecified atom stereocenters. The first-order chi connectivity index (χ1) is 15.0. The van der Waals surface area contributed by atoms with Gasteiger partial charge in [0.05, 0.1) is 13.4 Å². The van der Waals surface area contributed by atoms with Crippen LogP contribution in [-0.4, -0.2) is 54.9 Å². The molecule has 3 amide bonds. The smallest absolute Gasteiger partial charge is 0.246 e. The minimum absolute atomic E-state index is 0.00101. The summed E-state index contributed by atoms with van der Waals surface area (Å²) in [6.45, 7) is 0.957. The molecule has 0 aliphatic carbocycles. The van der Waals surface area contributed by atoms with E-state index in [1.807, 2.05) is 36.4 Å². The molecule has 4 rings (SSSR count). The third kappa shape index (κ3) is 4.73. The Morgan fingerprint density at radius 3 is 2.77 bits per heavy atom. The fourth-order valence-electron chi connectivity index (χ4n) is 4.37. The number of nitrogens with one attached hydrogen (secondary N) is 1. The van der Waals surface area contributed by atoms with Crippen LogP contribution in [-0.2, 0) is 20.8 Å². The molecule has 2 aromatic rings. The molecule has 8 nitrogen and oxygen atoms in total. The van der Waals surface area contributed by atoms with Gasteiger partial charge in [-0.05, 0) is 37.1 Å². The molecule has 1 N–H and O–H groups in total. The Balaban J connectivity index is 1.35. The average molecular weight is 425 g/mol. The lowest BCUT2D eigenvalue weighted by atomic mass is 9.87. The van der Waals surface area contributed by atoms with E-state index >= 15 is 0 Å². The molecule has 1 atom stereocenters. The minimum Gasteiger partial charge on any atom is -0.497 e. The van der Waals surface area contributed by atoms with Gasteiger partial charge in [-0.2, -0.15) is 0 Å². The Bertz CT molecular complexity index is 958. The largest absolute Gasteiger partial charge is 0.497 e. The van der Waals surface area contributed by atoms with Crippen molar-refractivity contribution in [3.05, 3.63) is 48.4 Å². The number of rotatable bonds is 7. The van der Waals surface area contributed by atoms with E-state index in [2.05, 4.69) is 5.32 Å². The Kier molecular flexibility index (Phi) is 5.97. The quantitative estimate of drug-likeness (QED) is 0.734. The molecule has 2 aliphatic heterocycles. The second-order valence-corrected chi connectivity index (χ2v) is 8.15. The van der Waals surface area contributed by atoms with Crippen LogP contribution in [0.25, 0.3) is 0 Å². The van der Waals surface area contributed by atoms with Gasteiger partial charge in [-0.25, -0.2) is 0 Å². The van der Waals surface area contributed by atoms with Crippen molar-refractivity contribution in [3.63, 3.8) is 0 Å². The number of benzene rings is 1. The molecule has 1 aromatic heterocycles. The molecule has 2 aliphatic rings. The van der Waals surface area contributed by atoms with E-state index in [0.29, 0.717) is 44.5 Å². The normalized spacial score (nSPS) is 21.3. The number of methoxy groups -OCH3 is 1. The zero-order chi connectivity index (χ0) is 21.8. The molecule has 2 saturated heterocycles. The van der Waals surface area contributed by atoms with Gasteiger partial charge in [0, 0.05) is 49.6 Å². The van der Waals surface area contributed by atoms with E-state index in [9.17, 15) is 14.4 Å². The Hall–Kier alpha value is -3.29. The SMILES string of the molecule is COc1cccc(N2CCN(C(=O)CCC3(Cc4ccco4)CCC(=O)N3)CC2=O)c1. The number of carbonyl (C=O) groups excluding carboxylic acids is 3. The highest BCUT2D eigenvalue weighted by Gasteiger charge is 2.39. The van der Waals surface area contributed by atoms with Crippen molar-refractivity contribution < 1.29 is 23.5 Å². The van der Waals surface area contributed by atoms with Crippen molar-refractivity contribution in [1.29, 1.82) is 0 Å². The highest BCUT2D eigenvalue weighted by atomic mass is 16.5. The van der Waals surface area contributed by atoms with Crippen LogP contribution in [0.1, 0.15) is 31.4 Å². The van der Waals surface area contributed by atoms with Crippen LogP contribution in [0.15, 0.2) is 47.1 Å². The summed E-state index contributed by atoms with van der Waals surface area (Å²) >= 11 is 0. The van der Waals surface area contributed by atoms with Gasteiger partial charge >= 0.3 is 0 Å². The number of hydrogen-bond acceptors (Lipinski definition) is 5. The number of carbonyl (C=O) groups is 3. The van der Waals surface area contributed by atoms with Gasteiger partial charge in [0.15, 0.2) is 0 Å². The van der Waals surface area contributed by atoms with E-state index < -0.39 is 5.54 Å². The predicted molar refractivity (Wildman–Crippen MR) is 114 cm³/mol. The zero-order valence-electron chi connectivity index (χ0n) is 17.6. The van der Waals surface area contributed by atoms with E-state index in [1.54, 1.807) is 23.2 Å². The van der Waals surface area contributed by atoms with Gasteiger partial charge in [0.25, 0.3) is 0 Å². The molecule has 8 heteroatoms. The maximum Gasteiger partial charge on any atom is 0.246 e. The molecular weight excluding hydrogens is 398 g/mol. The summed E-state index contributed by atoms with van der Waals surface area (Å²) in [5, 5.41) is 3.06. The van der Waals surface area contributed by atoms with Crippen molar-refractivity contribution in [3.8, 4) is 5.75 Å². The molecule has 0 saturated carbocycles. The van der Waals surface area contributed by atoms with E-state index in [1.165, 1.54) is 0 Å². The van der Waals surface area contributed by atoms with Crippen molar-refractivity contribution in [2.24, 2.45) is 0 Å². The molecule has 2 fully saturated rings. The monoisotopic (exact) mass is 425 g/mol. The van der Waals surface area contributed by atoms with Crippen molar-refractivity contribution in [2.75, 3.05) is 31.6 Å². The zero-order valence-corrected chi connectivity index (χ0v) is 17.6. The topological polar surface area (TPSA) is 92.1 Å². The molecule has 1 aromatic carbocycles. The second kappa shape index (κ2) is 8.83. The summed E-state index contributed by atoms with van der Waals surface area (Å²) in [4.78, 5) is 40.8. The third-order valence-electron chi connectivity index (χ3n) is 6.08. The summed E-state index contributed by atoms with van der Waals surface area (Å²) in [5.74, 6) is 1.29. The van der Waals surface area contributed by atoms with Crippen molar-refractivity contribution in [1.82, 2.24) is 10.2 Å². The van der Waals surface area contributed by atoms with Crippen LogP contribution in [0.3, 0.4) is 0 Å². The van der Waals surface area contributed by atoms with Gasteiger partial charge in [-0.15, -0.1) is 0 Å². The van der Waals surface area contributed by atoms with Crippen LogP contribution >= 0.6 is 0 Å². The first kappa shape index (κ1) is 21.0. The summed E-state index contributed by atoms with van der Waals surface area (Å²) in [5.41, 5.74) is 0.291. The van der Waals surface area contributed by atoms with Crippen LogP contribution < -0.4 is 15.0 Å². The standard InChI is InChI=1S/C23H27N3O5/c1-30-18-5-2-4-17(14-18)26-12-11-25(16-22(26)29)21(28)8-10-23(9-7-20(27)24-23)15-19-6-3-13-31-19/h2-6,13-14H,7-12,15-16H2,1H3,(H,24,27). The lowest BCUT2D eigenvalue weighted by Gasteiger charge is -2.35. The van der Waals surface area contributed by atoms with Crippen molar-refractivity contribution >= 4 is 23.4 Å². The maximum atomic E-state index is 12.9. The summed E-state index contributed by atoms with van der Waals surface area (Å²) in [6, 6.07) is 11.0. The van der Waals surface area contributed by atoms with Crippen LogP contribution in [0.4, 0.5) is 5.69 Å². The summed E-state index contributed by atoms with van der Waals surface area (Å²) < 4.78 is 10.7. The number of anilines is 1. The van der Waals surface area contributed by atoms with E-state index in [-0.39, 0.29) is 30.7 Å². The predicted octanol–water partition coefficient (Wildman–Crippen LogP) is 2.14. The van der Waals surface area contributed by atoms with Crippen LogP contribution in [0.2, 0.25) is 0 Å². The summed E-state index contributed by atoms with van der Waals surface area (Å²) in [7, 11) is 1.59. The number of piperazine rings is 1.